The molecule has 2 rings (SSSR count). The van der Waals surface area contributed by atoms with E-state index < -0.39 is 13.0 Å². The van der Waals surface area contributed by atoms with Gasteiger partial charge in [0.15, 0.2) is 5.96 Å². The molecule has 0 bridgehead atoms. The molecule has 0 aliphatic heterocycles. The minimum atomic E-state index is -2.50. The van der Waals surface area contributed by atoms with E-state index in [4.69, 9.17) is 14.2 Å². The maximum Gasteiger partial charge on any atom is 0.272 e. The summed E-state index contributed by atoms with van der Waals surface area (Å²) in [4.78, 5) is 4.19. The molecule has 0 amide bonds. The number of rotatable bonds is 9. The number of methoxy groups -OCH3 is 2. The first kappa shape index (κ1) is 21.3. The van der Waals surface area contributed by atoms with E-state index in [-0.39, 0.29) is 0 Å². The second-order valence-electron chi connectivity index (χ2n) is 5.81. The molecule has 0 atom stereocenters. The van der Waals surface area contributed by atoms with E-state index in [9.17, 15) is 8.78 Å². The molecule has 6 nitrogen and oxygen atoms in total. The van der Waals surface area contributed by atoms with E-state index in [1.807, 2.05) is 24.3 Å². The molecule has 0 heterocycles. The first-order chi connectivity index (χ1) is 13.5. The fourth-order valence-corrected chi connectivity index (χ4v) is 2.49. The van der Waals surface area contributed by atoms with Gasteiger partial charge in [0.05, 0.1) is 14.2 Å². The zero-order valence-corrected chi connectivity index (χ0v) is 16.2. The van der Waals surface area contributed by atoms with Crippen molar-refractivity contribution in [2.75, 3.05) is 27.9 Å². The van der Waals surface area contributed by atoms with Crippen LogP contribution in [0.15, 0.2) is 47.5 Å². The van der Waals surface area contributed by atoms with E-state index in [0.717, 1.165) is 16.9 Å². The Bertz CT molecular complexity index is 785. The van der Waals surface area contributed by atoms with Crippen molar-refractivity contribution in [3.05, 3.63) is 53.6 Å². The normalized spacial score (nSPS) is 11.3. The summed E-state index contributed by atoms with van der Waals surface area (Å²) in [5.41, 5.74) is 1.84. The molecule has 2 aromatic carbocycles. The van der Waals surface area contributed by atoms with Crippen LogP contribution in [0, 0.1) is 0 Å². The highest BCUT2D eigenvalue weighted by molar-refractivity contribution is 5.79. The van der Waals surface area contributed by atoms with Crippen LogP contribution in [-0.4, -0.2) is 40.3 Å². The van der Waals surface area contributed by atoms with Crippen molar-refractivity contribution in [3.8, 4) is 17.2 Å². The van der Waals surface area contributed by atoms with Gasteiger partial charge in [-0.25, -0.2) is 8.78 Å². The Morgan fingerprint density at radius 1 is 1.00 bits per heavy atom. The summed E-state index contributed by atoms with van der Waals surface area (Å²) in [6.45, 7) is 0.347. The fourth-order valence-electron chi connectivity index (χ4n) is 2.49. The topological polar surface area (TPSA) is 64.1 Å². The Morgan fingerprint density at radius 2 is 1.79 bits per heavy atom. The first-order valence-corrected chi connectivity index (χ1v) is 8.71. The Labute approximate surface area is 163 Å². The number of guanidine groups is 1. The monoisotopic (exact) mass is 393 g/mol. The first-order valence-electron chi connectivity index (χ1n) is 8.71. The number of nitrogens with one attached hydrogen (secondary N) is 2. The third-order valence-corrected chi connectivity index (χ3v) is 3.90. The molecule has 0 saturated carbocycles. The van der Waals surface area contributed by atoms with Crippen LogP contribution in [0.3, 0.4) is 0 Å². The van der Waals surface area contributed by atoms with E-state index in [2.05, 4.69) is 15.6 Å². The van der Waals surface area contributed by atoms with Crippen molar-refractivity contribution in [1.82, 2.24) is 10.6 Å². The molecule has 0 saturated heterocycles. The molecule has 0 aliphatic carbocycles. The Balaban J connectivity index is 1.91. The number of ether oxygens (including phenoxy) is 3. The standard InChI is InChI=1S/C20H25F2N3O3/c1-23-20(25-12-15-7-8-16(26-2)10-18(15)27-3)24-11-14-5-4-6-17(9-14)28-13-19(21)22/h4-10,19H,11-13H2,1-3H3,(H2,23,24,25). The molecule has 0 aromatic heterocycles. The molecule has 2 aromatic rings. The second-order valence-corrected chi connectivity index (χ2v) is 5.81. The van der Waals surface area contributed by atoms with Gasteiger partial charge in [0.25, 0.3) is 6.43 Å². The number of halogens is 2. The van der Waals surface area contributed by atoms with Crippen molar-refractivity contribution in [2.24, 2.45) is 4.99 Å². The second kappa shape index (κ2) is 11.0. The van der Waals surface area contributed by atoms with Gasteiger partial charge in [-0.2, -0.15) is 0 Å². The van der Waals surface area contributed by atoms with Crippen molar-refractivity contribution in [1.29, 1.82) is 0 Å². The lowest BCUT2D eigenvalue weighted by molar-refractivity contribution is 0.0818. The minimum absolute atomic E-state index is 0.408. The predicted molar refractivity (Wildman–Crippen MR) is 105 cm³/mol. The van der Waals surface area contributed by atoms with Crippen LogP contribution in [0.4, 0.5) is 8.78 Å². The zero-order chi connectivity index (χ0) is 20.4. The molecule has 152 valence electrons. The quantitative estimate of drug-likeness (QED) is 0.506. The number of nitrogens with zero attached hydrogens (tertiary/aromatic N) is 1. The van der Waals surface area contributed by atoms with Crippen LogP contribution in [0.25, 0.3) is 0 Å². The summed E-state index contributed by atoms with van der Waals surface area (Å²) in [7, 11) is 4.88. The Hall–Kier alpha value is -3.03. The summed E-state index contributed by atoms with van der Waals surface area (Å²) in [5.74, 6) is 2.44. The van der Waals surface area contributed by atoms with Crippen LogP contribution in [0.1, 0.15) is 11.1 Å². The molecule has 0 aliphatic rings. The lowest BCUT2D eigenvalue weighted by Gasteiger charge is -2.15. The van der Waals surface area contributed by atoms with Crippen LogP contribution in [0.2, 0.25) is 0 Å². The van der Waals surface area contributed by atoms with E-state index >= 15 is 0 Å². The summed E-state index contributed by atoms with van der Waals surface area (Å²) < 4.78 is 40.2. The SMILES string of the molecule is CN=C(NCc1cccc(OCC(F)F)c1)NCc1ccc(OC)cc1OC. The van der Waals surface area contributed by atoms with Crippen LogP contribution >= 0.6 is 0 Å². The van der Waals surface area contributed by atoms with Gasteiger partial charge in [0.1, 0.15) is 23.9 Å². The number of hydrogen-bond donors (Lipinski definition) is 2. The largest absolute Gasteiger partial charge is 0.497 e. The maximum atomic E-state index is 12.3. The van der Waals surface area contributed by atoms with Gasteiger partial charge in [0.2, 0.25) is 0 Å². The zero-order valence-electron chi connectivity index (χ0n) is 16.2. The average molecular weight is 393 g/mol. The lowest BCUT2D eigenvalue weighted by Crippen LogP contribution is -2.36. The molecule has 0 radical (unpaired) electrons. The number of aliphatic imine (C=N–C) groups is 1. The average Bonchev–Trinajstić information content (AvgIpc) is 2.72. The van der Waals surface area contributed by atoms with Crippen LogP contribution in [0.5, 0.6) is 17.2 Å². The van der Waals surface area contributed by atoms with Crippen LogP contribution < -0.4 is 24.8 Å². The molecule has 0 unspecified atom stereocenters. The van der Waals surface area contributed by atoms with Gasteiger partial charge in [-0.15, -0.1) is 0 Å². The highest BCUT2D eigenvalue weighted by Crippen LogP contribution is 2.24. The fraction of sp³-hybridized carbons (Fsp3) is 0.350. The summed E-state index contributed by atoms with van der Waals surface area (Å²) in [6, 6.07) is 12.6. The van der Waals surface area contributed by atoms with Gasteiger partial charge in [-0.1, -0.05) is 12.1 Å². The van der Waals surface area contributed by atoms with Crippen molar-refractivity contribution >= 4 is 5.96 Å². The van der Waals surface area contributed by atoms with E-state index in [1.165, 1.54) is 0 Å². The summed E-state index contributed by atoms with van der Waals surface area (Å²) >= 11 is 0. The number of benzene rings is 2. The summed E-state index contributed by atoms with van der Waals surface area (Å²) in [6.07, 6.45) is -2.50. The van der Waals surface area contributed by atoms with E-state index in [1.54, 1.807) is 39.5 Å². The maximum absolute atomic E-state index is 12.3. The predicted octanol–water partition coefficient (Wildman–Crippen LogP) is 3.21. The molecule has 28 heavy (non-hydrogen) atoms. The van der Waals surface area contributed by atoms with Gasteiger partial charge >= 0.3 is 0 Å². The summed E-state index contributed by atoms with van der Waals surface area (Å²) in [5, 5.41) is 6.39. The lowest BCUT2D eigenvalue weighted by atomic mass is 10.2. The molecule has 8 heteroatoms. The third kappa shape index (κ3) is 6.61. The molecule has 0 fully saturated rings. The number of hydrogen-bond acceptors (Lipinski definition) is 4. The Kier molecular flexibility index (Phi) is 8.33. The highest BCUT2D eigenvalue weighted by atomic mass is 19.3. The van der Waals surface area contributed by atoms with Gasteiger partial charge in [-0.05, 0) is 29.8 Å². The molecule has 2 N–H and O–H groups in total. The van der Waals surface area contributed by atoms with Crippen LogP contribution in [-0.2, 0) is 13.1 Å². The minimum Gasteiger partial charge on any atom is -0.497 e. The molecular formula is C20H25F2N3O3. The Morgan fingerprint density at radius 3 is 2.46 bits per heavy atom. The highest BCUT2D eigenvalue weighted by Gasteiger charge is 2.07. The molecule has 0 spiro atoms. The van der Waals surface area contributed by atoms with Gasteiger partial charge in [0, 0.05) is 31.8 Å². The van der Waals surface area contributed by atoms with E-state index in [0.29, 0.717) is 30.5 Å². The molecular weight excluding hydrogens is 368 g/mol. The van der Waals surface area contributed by atoms with Crippen molar-refractivity contribution in [2.45, 2.75) is 19.5 Å². The van der Waals surface area contributed by atoms with Gasteiger partial charge in [-0.3, -0.25) is 4.99 Å². The third-order valence-electron chi connectivity index (χ3n) is 3.90. The van der Waals surface area contributed by atoms with Crippen molar-refractivity contribution < 1.29 is 23.0 Å². The number of alkyl halides is 2. The smallest absolute Gasteiger partial charge is 0.272 e. The van der Waals surface area contributed by atoms with Gasteiger partial charge < -0.3 is 24.8 Å². The van der Waals surface area contributed by atoms with Crippen molar-refractivity contribution in [3.63, 3.8) is 0 Å².